The zero-order valence-electron chi connectivity index (χ0n) is 13.3. The fourth-order valence-electron chi connectivity index (χ4n) is 3.39. The molecule has 1 heterocycles. The van der Waals surface area contributed by atoms with Crippen LogP contribution in [0.3, 0.4) is 0 Å². The molecule has 4 nitrogen and oxygen atoms in total. The summed E-state index contributed by atoms with van der Waals surface area (Å²) in [5.41, 5.74) is 7.50. The smallest absolute Gasteiger partial charge is 0.220 e. The Labute approximate surface area is 135 Å². The van der Waals surface area contributed by atoms with Crippen LogP contribution in [0.4, 0.5) is 10.1 Å². The molecule has 122 valence electrons. The number of primary amides is 1. The van der Waals surface area contributed by atoms with Crippen molar-refractivity contribution in [3.05, 3.63) is 35.8 Å². The third-order valence-corrected chi connectivity index (χ3v) is 4.75. The SMILES string of the molecule is Cc1cc(NCC2CCC(C(N)=O)CC2)c2cccc(F)c2n1. The topological polar surface area (TPSA) is 68.0 Å². The van der Waals surface area contributed by atoms with Crippen LogP contribution in [-0.4, -0.2) is 17.4 Å². The first-order valence-corrected chi connectivity index (χ1v) is 8.13. The van der Waals surface area contributed by atoms with E-state index in [-0.39, 0.29) is 17.6 Å². The lowest BCUT2D eigenvalue weighted by atomic mass is 9.81. The number of hydrogen-bond acceptors (Lipinski definition) is 3. The molecule has 3 N–H and O–H groups in total. The fourth-order valence-corrected chi connectivity index (χ4v) is 3.39. The molecule has 1 amide bonds. The van der Waals surface area contributed by atoms with E-state index in [9.17, 15) is 9.18 Å². The number of halogens is 1. The number of para-hydroxylation sites is 1. The first-order valence-electron chi connectivity index (χ1n) is 8.13. The number of aromatic nitrogens is 1. The summed E-state index contributed by atoms with van der Waals surface area (Å²) < 4.78 is 13.9. The van der Waals surface area contributed by atoms with Crippen molar-refractivity contribution in [3.63, 3.8) is 0 Å². The van der Waals surface area contributed by atoms with Gasteiger partial charge < -0.3 is 11.1 Å². The first kappa shape index (κ1) is 15.7. The van der Waals surface area contributed by atoms with Crippen molar-refractivity contribution in [2.75, 3.05) is 11.9 Å². The van der Waals surface area contributed by atoms with E-state index < -0.39 is 0 Å². The normalized spacial score (nSPS) is 21.3. The van der Waals surface area contributed by atoms with Crippen molar-refractivity contribution in [1.82, 2.24) is 4.98 Å². The Morgan fingerprint density at radius 1 is 1.35 bits per heavy atom. The van der Waals surface area contributed by atoms with E-state index in [1.807, 2.05) is 19.1 Å². The van der Waals surface area contributed by atoms with Gasteiger partial charge in [0.05, 0.1) is 0 Å². The summed E-state index contributed by atoms with van der Waals surface area (Å²) >= 11 is 0. The van der Waals surface area contributed by atoms with Crippen molar-refractivity contribution in [2.24, 2.45) is 17.6 Å². The number of nitrogens with two attached hydrogens (primary N) is 1. The Balaban J connectivity index is 1.71. The maximum absolute atomic E-state index is 13.9. The van der Waals surface area contributed by atoms with E-state index in [0.717, 1.165) is 49.0 Å². The summed E-state index contributed by atoms with van der Waals surface area (Å²) in [4.78, 5) is 15.5. The molecule has 0 saturated heterocycles. The number of nitrogens with zero attached hydrogens (tertiary/aromatic N) is 1. The second-order valence-corrected chi connectivity index (χ2v) is 6.45. The number of amides is 1. The van der Waals surface area contributed by atoms with Gasteiger partial charge in [0.15, 0.2) is 0 Å². The minimum Gasteiger partial charge on any atom is -0.384 e. The van der Waals surface area contributed by atoms with Gasteiger partial charge in [0, 0.05) is 29.2 Å². The highest BCUT2D eigenvalue weighted by Crippen LogP contribution is 2.30. The number of nitrogens with one attached hydrogen (secondary N) is 1. The third-order valence-electron chi connectivity index (χ3n) is 4.75. The summed E-state index contributed by atoms with van der Waals surface area (Å²) in [5, 5.41) is 4.25. The van der Waals surface area contributed by atoms with Gasteiger partial charge >= 0.3 is 0 Å². The highest BCUT2D eigenvalue weighted by atomic mass is 19.1. The summed E-state index contributed by atoms with van der Waals surface area (Å²) in [6, 6.07) is 6.98. The van der Waals surface area contributed by atoms with Crippen LogP contribution in [0.5, 0.6) is 0 Å². The van der Waals surface area contributed by atoms with Gasteiger partial charge in [-0.05, 0) is 50.7 Å². The van der Waals surface area contributed by atoms with E-state index in [2.05, 4.69) is 10.3 Å². The third kappa shape index (κ3) is 3.44. The van der Waals surface area contributed by atoms with Gasteiger partial charge in [0.25, 0.3) is 0 Å². The molecular formula is C18H22FN3O. The molecule has 1 fully saturated rings. The number of hydrogen-bond donors (Lipinski definition) is 2. The second kappa shape index (κ2) is 6.52. The molecule has 1 aliphatic rings. The van der Waals surface area contributed by atoms with Gasteiger partial charge in [-0.25, -0.2) is 9.37 Å². The van der Waals surface area contributed by atoms with Gasteiger partial charge in [-0.1, -0.05) is 12.1 Å². The zero-order chi connectivity index (χ0) is 16.4. The molecule has 0 radical (unpaired) electrons. The number of rotatable bonds is 4. The largest absolute Gasteiger partial charge is 0.384 e. The fraction of sp³-hybridized carbons (Fsp3) is 0.444. The highest BCUT2D eigenvalue weighted by Gasteiger charge is 2.24. The van der Waals surface area contributed by atoms with Crippen LogP contribution in [0.2, 0.25) is 0 Å². The van der Waals surface area contributed by atoms with Gasteiger partial charge in [0.1, 0.15) is 11.3 Å². The van der Waals surface area contributed by atoms with E-state index in [1.54, 1.807) is 6.07 Å². The summed E-state index contributed by atoms with van der Waals surface area (Å²) in [5.74, 6) is 0.0749. The molecule has 5 heteroatoms. The van der Waals surface area contributed by atoms with Gasteiger partial charge in [-0.2, -0.15) is 0 Å². The average Bonchev–Trinajstić information content (AvgIpc) is 2.54. The lowest BCUT2D eigenvalue weighted by molar-refractivity contribution is -0.122. The van der Waals surface area contributed by atoms with Crippen molar-refractivity contribution in [2.45, 2.75) is 32.6 Å². The molecule has 0 unspecified atom stereocenters. The number of benzene rings is 1. The molecule has 0 aliphatic heterocycles. The molecule has 1 aromatic heterocycles. The van der Waals surface area contributed by atoms with Crippen molar-refractivity contribution >= 4 is 22.5 Å². The second-order valence-electron chi connectivity index (χ2n) is 6.45. The first-order chi connectivity index (χ1) is 11.0. The van der Waals surface area contributed by atoms with Crippen molar-refractivity contribution in [1.29, 1.82) is 0 Å². The molecule has 0 spiro atoms. The zero-order valence-corrected chi connectivity index (χ0v) is 13.3. The average molecular weight is 315 g/mol. The van der Waals surface area contributed by atoms with Gasteiger partial charge in [-0.3, -0.25) is 4.79 Å². The minimum atomic E-state index is -0.295. The van der Waals surface area contributed by atoms with Gasteiger partial charge in [-0.15, -0.1) is 0 Å². The quantitative estimate of drug-likeness (QED) is 0.909. The molecule has 1 saturated carbocycles. The number of carbonyl (C=O) groups is 1. The monoisotopic (exact) mass is 315 g/mol. The van der Waals surface area contributed by atoms with Crippen molar-refractivity contribution in [3.8, 4) is 0 Å². The summed E-state index contributed by atoms with van der Waals surface area (Å²) in [7, 11) is 0. The van der Waals surface area contributed by atoms with E-state index in [1.165, 1.54) is 6.07 Å². The molecule has 0 bridgehead atoms. The lowest BCUT2D eigenvalue weighted by Crippen LogP contribution is -2.29. The van der Waals surface area contributed by atoms with E-state index >= 15 is 0 Å². The number of carbonyl (C=O) groups excluding carboxylic acids is 1. The van der Waals surface area contributed by atoms with E-state index in [0.29, 0.717) is 11.4 Å². The Morgan fingerprint density at radius 3 is 2.78 bits per heavy atom. The molecule has 2 aromatic rings. The van der Waals surface area contributed by atoms with E-state index in [4.69, 9.17) is 5.73 Å². The highest BCUT2D eigenvalue weighted by molar-refractivity contribution is 5.91. The predicted molar refractivity (Wildman–Crippen MR) is 89.6 cm³/mol. The Morgan fingerprint density at radius 2 is 2.09 bits per heavy atom. The lowest BCUT2D eigenvalue weighted by Gasteiger charge is -2.27. The Kier molecular flexibility index (Phi) is 4.46. The summed E-state index contributed by atoms with van der Waals surface area (Å²) in [6.07, 6.45) is 3.73. The minimum absolute atomic E-state index is 0.0318. The Bertz CT molecular complexity index is 724. The molecule has 23 heavy (non-hydrogen) atoms. The molecule has 0 atom stereocenters. The standard InChI is InChI=1S/C18H22FN3O/c1-11-9-16(14-3-2-4-15(19)17(14)22-11)21-10-12-5-7-13(8-6-12)18(20)23/h2-4,9,12-13H,5-8,10H2,1H3,(H2,20,23)(H,21,22). The van der Waals surface area contributed by atoms with Crippen LogP contribution in [0.25, 0.3) is 10.9 Å². The van der Waals surface area contributed by atoms with Crippen molar-refractivity contribution < 1.29 is 9.18 Å². The molecule has 1 aliphatic carbocycles. The number of pyridine rings is 1. The maximum atomic E-state index is 13.9. The van der Waals surface area contributed by atoms with Gasteiger partial charge in [0.2, 0.25) is 5.91 Å². The number of anilines is 1. The number of fused-ring (bicyclic) bond motifs is 1. The van der Waals surface area contributed by atoms with Crippen LogP contribution >= 0.6 is 0 Å². The van der Waals surface area contributed by atoms with Crippen LogP contribution < -0.4 is 11.1 Å². The van der Waals surface area contributed by atoms with Crippen LogP contribution in [0.15, 0.2) is 24.3 Å². The molecule has 3 rings (SSSR count). The maximum Gasteiger partial charge on any atom is 0.220 e. The van der Waals surface area contributed by atoms with Crippen LogP contribution in [-0.2, 0) is 4.79 Å². The van der Waals surface area contributed by atoms with Crippen LogP contribution in [0, 0.1) is 24.6 Å². The van der Waals surface area contributed by atoms with Crippen LogP contribution in [0.1, 0.15) is 31.4 Å². The molecular weight excluding hydrogens is 293 g/mol. The summed E-state index contributed by atoms with van der Waals surface area (Å²) in [6.45, 7) is 2.69. The number of aryl methyl sites for hydroxylation is 1. The predicted octanol–water partition coefficient (Wildman–Crippen LogP) is 3.39. The Hall–Kier alpha value is -2.17. The molecule has 1 aromatic carbocycles.